The Bertz CT molecular complexity index is 208. The van der Waals surface area contributed by atoms with Gasteiger partial charge >= 0.3 is 7.12 Å². The van der Waals surface area contributed by atoms with Crippen molar-refractivity contribution in [1.82, 2.24) is 5.32 Å². The van der Waals surface area contributed by atoms with Gasteiger partial charge < -0.3 is 14.6 Å². The first-order valence-electron chi connectivity index (χ1n) is 5.49. The summed E-state index contributed by atoms with van der Waals surface area (Å²) >= 11 is 0. The van der Waals surface area contributed by atoms with Gasteiger partial charge in [-0.25, -0.2) is 0 Å². The average Bonchev–Trinajstić information content (AvgIpc) is 2.58. The minimum absolute atomic E-state index is 0.0185. The van der Waals surface area contributed by atoms with Crippen molar-refractivity contribution >= 4 is 7.12 Å². The highest BCUT2D eigenvalue weighted by Crippen LogP contribution is 2.41. The van der Waals surface area contributed by atoms with Gasteiger partial charge in [0.2, 0.25) is 0 Å². The molecule has 0 aliphatic carbocycles. The molecule has 3 nitrogen and oxygen atoms in total. The molecule has 1 N–H and O–H groups in total. The van der Waals surface area contributed by atoms with Gasteiger partial charge in [-0.1, -0.05) is 0 Å². The Labute approximate surface area is 86.7 Å². The van der Waals surface area contributed by atoms with Crippen LogP contribution < -0.4 is 5.32 Å². The smallest absolute Gasteiger partial charge is 0.403 e. The summed E-state index contributed by atoms with van der Waals surface area (Å²) in [6.45, 7) is 10.5. The minimum atomic E-state index is -0.180. The van der Waals surface area contributed by atoms with E-state index in [2.05, 4.69) is 33.0 Å². The summed E-state index contributed by atoms with van der Waals surface area (Å²) in [5.74, 6) is 0.524. The van der Waals surface area contributed by atoms with Gasteiger partial charge in [0.1, 0.15) is 0 Å². The summed E-state index contributed by atoms with van der Waals surface area (Å²) in [5, 5.41) is 3.34. The summed E-state index contributed by atoms with van der Waals surface area (Å²) < 4.78 is 12.0. The highest BCUT2D eigenvalue weighted by atomic mass is 16.7. The predicted octanol–water partition coefficient (Wildman–Crippen LogP) is 1.44. The molecule has 2 aliphatic heterocycles. The lowest BCUT2D eigenvalue weighted by Gasteiger charge is -2.32. The van der Waals surface area contributed by atoms with Gasteiger partial charge in [-0.05, 0) is 47.2 Å². The van der Waals surface area contributed by atoms with Gasteiger partial charge in [-0.3, -0.25) is 0 Å². The van der Waals surface area contributed by atoms with Crippen molar-refractivity contribution in [3.8, 4) is 0 Å². The Morgan fingerprint density at radius 2 is 1.71 bits per heavy atom. The maximum absolute atomic E-state index is 5.99. The molecule has 0 aromatic heterocycles. The molecule has 0 aromatic rings. The topological polar surface area (TPSA) is 30.5 Å². The minimum Gasteiger partial charge on any atom is -0.403 e. The van der Waals surface area contributed by atoms with Crippen LogP contribution in [0, 0.1) is 0 Å². The van der Waals surface area contributed by atoms with E-state index in [9.17, 15) is 0 Å². The molecule has 0 radical (unpaired) electrons. The van der Waals surface area contributed by atoms with Crippen LogP contribution in [0.1, 0.15) is 34.1 Å². The van der Waals surface area contributed by atoms with Crippen molar-refractivity contribution in [1.29, 1.82) is 0 Å². The monoisotopic (exact) mass is 197 g/mol. The summed E-state index contributed by atoms with van der Waals surface area (Å²) in [7, 11) is -0.0185. The van der Waals surface area contributed by atoms with E-state index in [0.717, 1.165) is 19.5 Å². The van der Waals surface area contributed by atoms with E-state index in [1.165, 1.54) is 0 Å². The molecule has 0 spiro atoms. The van der Waals surface area contributed by atoms with Crippen LogP contribution >= 0.6 is 0 Å². The Kier molecular flexibility index (Phi) is 2.41. The van der Waals surface area contributed by atoms with Gasteiger partial charge in [-0.15, -0.1) is 0 Å². The zero-order valence-electron chi connectivity index (χ0n) is 9.59. The van der Waals surface area contributed by atoms with Crippen molar-refractivity contribution in [2.45, 2.75) is 51.1 Å². The molecule has 80 valence electrons. The molecule has 2 heterocycles. The molecule has 14 heavy (non-hydrogen) atoms. The lowest BCUT2D eigenvalue weighted by molar-refractivity contribution is 0.00578. The Morgan fingerprint density at radius 3 is 2.14 bits per heavy atom. The fourth-order valence-corrected chi connectivity index (χ4v) is 1.99. The van der Waals surface area contributed by atoms with E-state index in [1.807, 2.05) is 0 Å². The molecule has 0 aromatic carbocycles. The fourth-order valence-electron chi connectivity index (χ4n) is 1.99. The van der Waals surface area contributed by atoms with Crippen molar-refractivity contribution in [2.75, 3.05) is 13.1 Å². The Hall–Kier alpha value is -0.0551. The van der Waals surface area contributed by atoms with Crippen LogP contribution in [-0.2, 0) is 9.31 Å². The Balaban J connectivity index is 2.05. The third-order valence-electron chi connectivity index (χ3n) is 3.75. The molecule has 1 atom stereocenters. The lowest BCUT2D eigenvalue weighted by atomic mass is 9.71. The zero-order valence-corrected chi connectivity index (χ0v) is 9.59. The first-order valence-corrected chi connectivity index (χ1v) is 5.49. The second-order valence-corrected chi connectivity index (χ2v) is 5.38. The number of nitrogens with one attached hydrogen (secondary N) is 1. The van der Waals surface area contributed by atoms with E-state index in [1.54, 1.807) is 0 Å². The highest BCUT2D eigenvalue weighted by molar-refractivity contribution is 6.47. The quantitative estimate of drug-likeness (QED) is 0.645. The molecule has 2 fully saturated rings. The summed E-state index contributed by atoms with van der Waals surface area (Å²) in [4.78, 5) is 0. The molecule has 0 saturated carbocycles. The molecule has 4 heteroatoms. The maximum atomic E-state index is 5.99. The van der Waals surface area contributed by atoms with Gasteiger partial charge in [0.25, 0.3) is 0 Å². The largest absolute Gasteiger partial charge is 0.462 e. The second-order valence-electron chi connectivity index (χ2n) is 5.38. The predicted molar refractivity (Wildman–Crippen MR) is 57.3 cm³/mol. The lowest BCUT2D eigenvalue weighted by Crippen LogP contribution is -2.41. The molecular formula is C10H20BNO2. The molecule has 0 unspecified atom stereocenters. The summed E-state index contributed by atoms with van der Waals surface area (Å²) in [6.07, 6.45) is 1.16. The zero-order chi connectivity index (χ0) is 10.4. The van der Waals surface area contributed by atoms with Crippen LogP contribution in [0.5, 0.6) is 0 Å². The Morgan fingerprint density at radius 1 is 1.14 bits per heavy atom. The van der Waals surface area contributed by atoms with Crippen LogP contribution in [0.3, 0.4) is 0 Å². The fraction of sp³-hybridized carbons (Fsp3) is 1.00. The van der Waals surface area contributed by atoms with Crippen LogP contribution in [0.25, 0.3) is 0 Å². The standard InChI is InChI=1S/C10H20BNO2/c1-9(2)10(3,4)14-11(13-9)8-5-6-12-7-8/h8,12H,5-7H2,1-4H3/t8-/m1/s1. The SMILES string of the molecule is CC1(C)OB([C@@H]2CCNC2)OC1(C)C. The third kappa shape index (κ3) is 1.60. The van der Waals surface area contributed by atoms with E-state index < -0.39 is 0 Å². The van der Waals surface area contributed by atoms with E-state index in [-0.39, 0.29) is 18.3 Å². The van der Waals surface area contributed by atoms with Gasteiger partial charge in [0.05, 0.1) is 11.2 Å². The normalized spacial score (nSPS) is 35.1. The molecule has 0 bridgehead atoms. The van der Waals surface area contributed by atoms with E-state index in [4.69, 9.17) is 9.31 Å². The first-order chi connectivity index (χ1) is 6.42. The molecule has 2 aliphatic rings. The molecule has 2 rings (SSSR count). The van der Waals surface area contributed by atoms with Crippen molar-refractivity contribution in [3.05, 3.63) is 0 Å². The number of rotatable bonds is 1. The summed E-state index contributed by atoms with van der Waals surface area (Å²) in [5.41, 5.74) is -0.361. The maximum Gasteiger partial charge on any atom is 0.462 e. The average molecular weight is 197 g/mol. The summed E-state index contributed by atoms with van der Waals surface area (Å²) in [6, 6.07) is 0. The molecule has 2 saturated heterocycles. The van der Waals surface area contributed by atoms with Crippen LogP contribution in [0.4, 0.5) is 0 Å². The van der Waals surface area contributed by atoms with Crippen LogP contribution in [0.15, 0.2) is 0 Å². The van der Waals surface area contributed by atoms with E-state index >= 15 is 0 Å². The van der Waals surface area contributed by atoms with Gasteiger partial charge in [-0.2, -0.15) is 0 Å². The van der Waals surface area contributed by atoms with Crippen molar-refractivity contribution < 1.29 is 9.31 Å². The van der Waals surface area contributed by atoms with Crippen LogP contribution in [-0.4, -0.2) is 31.4 Å². The molecular weight excluding hydrogens is 177 g/mol. The molecule has 0 amide bonds. The van der Waals surface area contributed by atoms with Crippen molar-refractivity contribution in [2.24, 2.45) is 0 Å². The van der Waals surface area contributed by atoms with Gasteiger partial charge in [0, 0.05) is 5.82 Å². The number of hydrogen-bond donors (Lipinski definition) is 1. The van der Waals surface area contributed by atoms with Gasteiger partial charge in [0.15, 0.2) is 0 Å². The number of hydrogen-bond acceptors (Lipinski definition) is 3. The third-order valence-corrected chi connectivity index (χ3v) is 3.75. The first kappa shape index (κ1) is 10.5. The highest BCUT2D eigenvalue weighted by Gasteiger charge is 2.53. The van der Waals surface area contributed by atoms with Crippen molar-refractivity contribution in [3.63, 3.8) is 0 Å². The second kappa shape index (κ2) is 3.22. The van der Waals surface area contributed by atoms with Crippen LogP contribution in [0.2, 0.25) is 5.82 Å². The van der Waals surface area contributed by atoms with E-state index in [0.29, 0.717) is 5.82 Å².